The average molecular weight is 233 g/mol. The number of nitrogens with zero attached hydrogens (tertiary/aromatic N) is 2. The van der Waals surface area contributed by atoms with Crippen LogP contribution in [0.25, 0.3) is 0 Å². The Kier molecular flexibility index (Phi) is 4.80. The number of methoxy groups -OCH3 is 1. The van der Waals surface area contributed by atoms with Crippen molar-refractivity contribution in [2.45, 2.75) is 19.4 Å². The molecule has 0 bridgehead atoms. The summed E-state index contributed by atoms with van der Waals surface area (Å²) in [6, 6.07) is 7.87. The van der Waals surface area contributed by atoms with Crippen molar-refractivity contribution in [3.63, 3.8) is 0 Å². The highest BCUT2D eigenvalue weighted by molar-refractivity contribution is 5.60. The molecule has 1 unspecified atom stereocenters. The summed E-state index contributed by atoms with van der Waals surface area (Å²) >= 11 is 0. The van der Waals surface area contributed by atoms with E-state index in [4.69, 9.17) is 15.7 Å². The third kappa shape index (κ3) is 3.11. The van der Waals surface area contributed by atoms with Crippen molar-refractivity contribution in [3.8, 4) is 11.8 Å². The van der Waals surface area contributed by atoms with Gasteiger partial charge in [-0.1, -0.05) is 6.07 Å². The van der Waals surface area contributed by atoms with Crippen molar-refractivity contribution in [1.82, 2.24) is 0 Å². The van der Waals surface area contributed by atoms with E-state index in [1.54, 1.807) is 7.11 Å². The smallest absolute Gasteiger partial charge is 0.125 e. The lowest BCUT2D eigenvalue weighted by atomic mass is 10.0. The van der Waals surface area contributed by atoms with Crippen molar-refractivity contribution >= 4 is 5.69 Å². The van der Waals surface area contributed by atoms with Crippen LogP contribution in [-0.4, -0.2) is 20.7 Å². The molecule has 0 aromatic heterocycles. The van der Waals surface area contributed by atoms with Crippen LogP contribution in [0, 0.1) is 11.3 Å². The number of nitrogens with two attached hydrogens (primary N) is 1. The Hall–Kier alpha value is -1.73. The Morgan fingerprint density at radius 1 is 1.53 bits per heavy atom. The predicted molar refractivity (Wildman–Crippen MR) is 69.1 cm³/mol. The fraction of sp³-hybridized carbons (Fsp3) is 0.462. The fourth-order valence-electron chi connectivity index (χ4n) is 1.84. The van der Waals surface area contributed by atoms with E-state index in [1.807, 2.05) is 37.1 Å². The van der Waals surface area contributed by atoms with E-state index in [1.165, 1.54) is 0 Å². The van der Waals surface area contributed by atoms with Crippen LogP contribution in [0.2, 0.25) is 0 Å². The largest absolute Gasteiger partial charge is 0.496 e. The Labute approximate surface area is 103 Å². The maximum atomic E-state index is 8.62. The van der Waals surface area contributed by atoms with Crippen LogP contribution < -0.4 is 15.4 Å². The molecule has 0 fully saturated rings. The van der Waals surface area contributed by atoms with Crippen molar-refractivity contribution in [2.75, 3.05) is 25.6 Å². The van der Waals surface area contributed by atoms with Crippen LogP contribution in [-0.2, 0) is 0 Å². The predicted octanol–water partition coefficient (Wildman–Crippen LogP) is 2.06. The van der Waals surface area contributed by atoms with E-state index in [-0.39, 0.29) is 6.04 Å². The highest BCUT2D eigenvalue weighted by atomic mass is 16.5. The summed E-state index contributed by atoms with van der Waals surface area (Å²) in [5.41, 5.74) is 7.99. The molecule has 4 nitrogen and oxygen atoms in total. The zero-order chi connectivity index (χ0) is 12.8. The molecule has 1 aromatic carbocycles. The van der Waals surface area contributed by atoms with Crippen LogP contribution in [0.1, 0.15) is 24.9 Å². The normalized spacial score (nSPS) is 11.7. The van der Waals surface area contributed by atoms with Gasteiger partial charge in [-0.2, -0.15) is 5.26 Å². The van der Waals surface area contributed by atoms with Gasteiger partial charge in [0.1, 0.15) is 5.75 Å². The molecule has 0 heterocycles. The SMILES string of the molecule is COc1cccc(N(C)CCC#N)c1C(C)N. The second-order valence-electron chi connectivity index (χ2n) is 4.01. The highest BCUT2D eigenvalue weighted by Crippen LogP contribution is 2.33. The maximum Gasteiger partial charge on any atom is 0.125 e. The van der Waals surface area contributed by atoms with Crippen LogP contribution in [0.15, 0.2) is 18.2 Å². The molecule has 1 aromatic rings. The maximum absolute atomic E-state index is 8.62. The Morgan fingerprint density at radius 3 is 2.76 bits per heavy atom. The van der Waals surface area contributed by atoms with E-state index in [0.29, 0.717) is 13.0 Å². The number of ether oxygens (including phenoxy) is 1. The quantitative estimate of drug-likeness (QED) is 0.845. The number of rotatable bonds is 5. The molecule has 0 aliphatic rings. The topological polar surface area (TPSA) is 62.3 Å². The Bertz CT molecular complexity index is 410. The second kappa shape index (κ2) is 6.12. The minimum atomic E-state index is -0.106. The minimum absolute atomic E-state index is 0.106. The van der Waals surface area contributed by atoms with Crippen molar-refractivity contribution in [3.05, 3.63) is 23.8 Å². The van der Waals surface area contributed by atoms with Crippen LogP contribution in [0.5, 0.6) is 5.75 Å². The lowest BCUT2D eigenvalue weighted by Crippen LogP contribution is -2.22. The van der Waals surface area contributed by atoms with Gasteiger partial charge in [-0.05, 0) is 19.1 Å². The van der Waals surface area contributed by atoms with Crippen molar-refractivity contribution < 1.29 is 4.74 Å². The van der Waals surface area contributed by atoms with E-state index in [9.17, 15) is 0 Å². The lowest BCUT2D eigenvalue weighted by molar-refractivity contribution is 0.407. The summed E-state index contributed by atoms with van der Waals surface area (Å²) in [6.45, 7) is 2.61. The van der Waals surface area contributed by atoms with Gasteiger partial charge in [0.25, 0.3) is 0 Å². The molecule has 2 N–H and O–H groups in total. The molecule has 1 atom stereocenters. The van der Waals surface area contributed by atoms with E-state index >= 15 is 0 Å². The van der Waals surface area contributed by atoms with E-state index in [0.717, 1.165) is 17.0 Å². The standard InChI is InChI=1S/C13H19N3O/c1-10(15)13-11(16(2)9-5-8-14)6-4-7-12(13)17-3/h4,6-7,10H,5,9,15H2,1-3H3. The molecule has 0 aliphatic carbocycles. The molecule has 17 heavy (non-hydrogen) atoms. The van der Waals surface area contributed by atoms with E-state index < -0.39 is 0 Å². The zero-order valence-corrected chi connectivity index (χ0v) is 10.6. The van der Waals surface area contributed by atoms with E-state index in [2.05, 4.69) is 6.07 Å². The number of hydrogen-bond acceptors (Lipinski definition) is 4. The summed E-state index contributed by atoms with van der Waals surface area (Å²) in [6.07, 6.45) is 0.492. The minimum Gasteiger partial charge on any atom is -0.496 e. The molecule has 92 valence electrons. The van der Waals surface area contributed by atoms with Gasteiger partial charge in [0.15, 0.2) is 0 Å². The van der Waals surface area contributed by atoms with Gasteiger partial charge in [-0.3, -0.25) is 0 Å². The molecule has 0 saturated carbocycles. The first-order valence-corrected chi connectivity index (χ1v) is 5.62. The van der Waals surface area contributed by atoms with Crippen molar-refractivity contribution in [2.24, 2.45) is 5.73 Å². The molecule has 1 rings (SSSR count). The number of nitriles is 1. The molecule has 0 radical (unpaired) electrons. The molecule has 0 saturated heterocycles. The summed E-state index contributed by atoms with van der Waals surface area (Å²) in [7, 11) is 3.60. The molecule has 0 aliphatic heterocycles. The third-order valence-electron chi connectivity index (χ3n) is 2.69. The number of anilines is 1. The van der Waals surface area contributed by atoms with Crippen LogP contribution >= 0.6 is 0 Å². The van der Waals surface area contributed by atoms with Gasteiger partial charge in [0, 0.05) is 30.9 Å². The molecule has 4 heteroatoms. The first kappa shape index (κ1) is 13.3. The number of benzene rings is 1. The van der Waals surface area contributed by atoms with Crippen molar-refractivity contribution in [1.29, 1.82) is 5.26 Å². The first-order valence-electron chi connectivity index (χ1n) is 5.62. The Morgan fingerprint density at radius 2 is 2.24 bits per heavy atom. The third-order valence-corrected chi connectivity index (χ3v) is 2.69. The van der Waals surface area contributed by atoms with Gasteiger partial charge in [-0.25, -0.2) is 0 Å². The van der Waals surface area contributed by atoms with Gasteiger partial charge >= 0.3 is 0 Å². The molecule has 0 amide bonds. The van der Waals surface area contributed by atoms with Gasteiger partial charge < -0.3 is 15.4 Å². The van der Waals surface area contributed by atoms with Crippen LogP contribution in [0.3, 0.4) is 0 Å². The lowest BCUT2D eigenvalue weighted by Gasteiger charge is -2.24. The van der Waals surface area contributed by atoms with Gasteiger partial charge in [-0.15, -0.1) is 0 Å². The number of hydrogen-bond donors (Lipinski definition) is 1. The summed E-state index contributed by atoms with van der Waals surface area (Å²) in [5, 5.41) is 8.62. The summed E-state index contributed by atoms with van der Waals surface area (Å²) in [4.78, 5) is 2.03. The zero-order valence-electron chi connectivity index (χ0n) is 10.6. The molecular weight excluding hydrogens is 214 g/mol. The molecular formula is C13H19N3O. The second-order valence-corrected chi connectivity index (χ2v) is 4.01. The van der Waals surface area contributed by atoms with Gasteiger partial charge in [0.2, 0.25) is 0 Å². The molecule has 0 spiro atoms. The average Bonchev–Trinajstić information content (AvgIpc) is 2.34. The monoisotopic (exact) mass is 233 g/mol. The first-order chi connectivity index (χ1) is 8.11. The Balaban J connectivity index is 3.10. The summed E-state index contributed by atoms with van der Waals surface area (Å²) in [5.74, 6) is 0.793. The van der Waals surface area contributed by atoms with Gasteiger partial charge in [0.05, 0.1) is 19.6 Å². The summed E-state index contributed by atoms with van der Waals surface area (Å²) < 4.78 is 5.33. The fourth-order valence-corrected chi connectivity index (χ4v) is 1.84. The van der Waals surface area contributed by atoms with Crippen LogP contribution in [0.4, 0.5) is 5.69 Å². The highest BCUT2D eigenvalue weighted by Gasteiger charge is 2.15.